The predicted molar refractivity (Wildman–Crippen MR) is 101 cm³/mol. The van der Waals surface area contributed by atoms with E-state index < -0.39 is 35.2 Å². The lowest BCUT2D eigenvalue weighted by atomic mass is 9.85. The minimum absolute atomic E-state index is 0.0676. The monoisotopic (exact) mass is 382 g/mol. The molecule has 0 aromatic rings. The SMILES string of the molecule is CC[C@H]1C[C@]12C[C@@H](C(=O)O)N(C(=O)[C@@H](NC(=O)OC(C)(C)C)C(C)(C)C)C2. The first-order valence-electron chi connectivity index (χ1n) is 9.73. The first-order valence-corrected chi connectivity index (χ1v) is 9.73. The van der Waals surface area contributed by atoms with Gasteiger partial charge in [-0.1, -0.05) is 34.1 Å². The van der Waals surface area contributed by atoms with E-state index in [0.29, 0.717) is 18.9 Å². The van der Waals surface area contributed by atoms with Gasteiger partial charge in [0.15, 0.2) is 0 Å². The number of hydrogen-bond donors (Lipinski definition) is 2. The van der Waals surface area contributed by atoms with Crippen LogP contribution in [0.5, 0.6) is 0 Å². The average molecular weight is 383 g/mol. The van der Waals surface area contributed by atoms with Gasteiger partial charge in [0.25, 0.3) is 0 Å². The lowest BCUT2D eigenvalue weighted by Crippen LogP contribution is -2.57. The van der Waals surface area contributed by atoms with Crippen LogP contribution in [0.2, 0.25) is 0 Å². The van der Waals surface area contributed by atoms with Gasteiger partial charge in [-0.25, -0.2) is 9.59 Å². The van der Waals surface area contributed by atoms with Crippen LogP contribution in [-0.2, 0) is 14.3 Å². The Kier molecular flexibility index (Phi) is 5.56. The molecule has 1 heterocycles. The van der Waals surface area contributed by atoms with Crippen molar-refractivity contribution in [3.8, 4) is 0 Å². The highest BCUT2D eigenvalue weighted by Crippen LogP contribution is 2.61. The molecule has 4 atom stereocenters. The fraction of sp³-hybridized carbons (Fsp3) is 0.850. The second-order valence-corrected chi connectivity index (χ2v) is 10.1. The van der Waals surface area contributed by atoms with Crippen molar-refractivity contribution in [2.75, 3.05) is 6.54 Å². The molecule has 1 aliphatic heterocycles. The van der Waals surface area contributed by atoms with Gasteiger partial charge in [0.05, 0.1) is 0 Å². The highest BCUT2D eigenvalue weighted by atomic mass is 16.6. The second-order valence-electron chi connectivity index (χ2n) is 10.1. The van der Waals surface area contributed by atoms with Crippen LogP contribution in [0.25, 0.3) is 0 Å². The molecule has 1 saturated heterocycles. The summed E-state index contributed by atoms with van der Waals surface area (Å²) in [6.45, 7) is 13.3. The van der Waals surface area contributed by atoms with Gasteiger partial charge in [-0.05, 0) is 50.4 Å². The molecule has 7 heteroatoms. The van der Waals surface area contributed by atoms with Gasteiger partial charge in [-0.3, -0.25) is 4.79 Å². The van der Waals surface area contributed by atoms with E-state index >= 15 is 0 Å². The molecule has 2 aliphatic rings. The lowest BCUT2D eigenvalue weighted by molar-refractivity contribution is -0.150. The van der Waals surface area contributed by atoms with Gasteiger partial charge in [0.2, 0.25) is 5.91 Å². The highest BCUT2D eigenvalue weighted by molar-refractivity contribution is 5.90. The Morgan fingerprint density at radius 3 is 2.19 bits per heavy atom. The molecule has 154 valence electrons. The number of nitrogens with one attached hydrogen (secondary N) is 1. The maximum Gasteiger partial charge on any atom is 0.408 e. The van der Waals surface area contributed by atoms with Crippen molar-refractivity contribution >= 4 is 18.0 Å². The topological polar surface area (TPSA) is 95.9 Å². The number of hydrogen-bond acceptors (Lipinski definition) is 4. The molecular weight excluding hydrogens is 348 g/mol. The summed E-state index contributed by atoms with van der Waals surface area (Å²) in [4.78, 5) is 38.8. The van der Waals surface area contributed by atoms with Gasteiger partial charge < -0.3 is 20.1 Å². The molecule has 1 saturated carbocycles. The number of amides is 2. The van der Waals surface area contributed by atoms with Crippen molar-refractivity contribution in [3.63, 3.8) is 0 Å². The standard InChI is InChI=1S/C20H34N2O5/c1-8-12-9-20(12)10-13(16(24)25)22(11-20)15(23)14(18(2,3)4)21-17(26)27-19(5,6)7/h12-14H,8-11H2,1-7H3,(H,21,26)(H,24,25)/t12-,13-,14+,20+/m0/s1. The van der Waals surface area contributed by atoms with Gasteiger partial charge in [0, 0.05) is 6.54 Å². The molecule has 2 rings (SSSR count). The van der Waals surface area contributed by atoms with Crippen LogP contribution < -0.4 is 5.32 Å². The van der Waals surface area contributed by atoms with Crippen molar-refractivity contribution < 1.29 is 24.2 Å². The van der Waals surface area contributed by atoms with E-state index in [2.05, 4.69) is 12.2 Å². The number of ether oxygens (including phenoxy) is 1. The number of carbonyl (C=O) groups is 3. The van der Waals surface area contributed by atoms with E-state index in [1.54, 1.807) is 20.8 Å². The van der Waals surface area contributed by atoms with Crippen LogP contribution in [-0.4, -0.2) is 52.2 Å². The van der Waals surface area contributed by atoms with Gasteiger partial charge in [0.1, 0.15) is 17.7 Å². The van der Waals surface area contributed by atoms with E-state index in [9.17, 15) is 19.5 Å². The molecule has 2 fully saturated rings. The smallest absolute Gasteiger partial charge is 0.408 e. The predicted octanol–water partition coefficient (Wildman–Crippen LogP) is 3.03. The summed E-state index contributed by atoms with van der Waals surface area (Å²) in [5.41, 5.74) is -1.33. The molecule has 1 spiro atoms. The number of likely N-dealkylation sites (tertiary alicyclic amines) is 1. The zero-order valence-electron chi connectivity index (χ0n) is 17.6. The molecule has 0 aromatic heterocycles. The number of rotatable bonds is 4. The average Bonchev–Trinajstić information content (AvgIpc) is 3.01. The van der Waals surface area contributed by atoms with Crippen LogP contribution in [0.3, 0.4) is 0 Å². The molecule has 27 heavy (non-hydrogen) atoms. The number of alkyl carbamates (subject to hydrolysis) is 1. The third kappa shape index (κ3) is 4.74. The van der Waals surface area contributed by atoms with Crippen molar-refractivity contribution in [1.29, 1.82) is 0 Å². The normalized spacial score (nSPS) is 28.8. The summed E-state index contributed by atoms with van der Waals surface area (Å²) in [6, 6.07) is -1.69. The van der Waals surface area contributed by atoms with E-state index in [1.165, 1.54) is 4.90 Å². The summed E-state index contributed by atoms with van der Waals surface area (Å²) >= 11 is 0. The quantitative estimate of drug-likeness (QED) is 0.779. The summed E-state index contributed by atoms with van der Waals surface area (Å²) in [6.07, 6.45) is 1.79. The Balaban J connectivity index is 2.21. The van der Waals surface area contributed by atoms with Crippen LogP contribution >= 0.6 is 0 Å². The van der Waals surface area contributed by atoms with Crippen LogP contribution in [0.4, 0.5) is 4.79 Å². The first-order chi connectivity index (χ1) is 12.2. The molecule has 2 N–H and O–H groups in total. The lowest BCUT2D eigenvalue weighted by Gasteiger charge is -2.35. The Labute approximate surface area is 161 Å². The molecule has 0 unspecified atom stereocenters. The molecule has 7 nitrogen and oxygen atoms in total. The van der Waals surface area contributed by atoms with Crippen LogP contribution in [0.15, 0.2) is 0 Å². The number of aliphatic carboxylic acids is 1. The largest absolute Gasteiger partial charge is 0.480 e. The maximum absolute atomic E-state index is 13.3. The van der Waals surface area contributed by atoms with E-state index in [1.807, 2.05) is 20.8 Å². The fourth-order valence-electron chi connectivity index (χ4n) is 4.15. The molecule has 0 aromatic carbocycles. The minimum atomic E-state index is -0.980. The summed E-state index contributed by atoms with van der Waals surface area (Å²) in [5.74, 6) is -0.852. The van der Waals surface area contributed by atoms with Gasteiger partial charge in [-0.2, -0.15) is 0 Å². The minimum Gasteiger partial charge on any atom is -0.480 e. The Hall–Kier alpha value is -1.79. The van der Waals surface area contributed by atoms with E-state index in [4.69, 9.17) is 4.74 Å². The van der Waals surface area contributed by atoms with Crippen molar-refractivity contribution in [3.05, 3.63) is 0 Å². The van der Waals surface area contributed by atoms with E-state index in [-0.39, 0.29) is 11.3 Å². The summed E-state index contributed by atoms with van der Waals surface area (Å²) in [5, 5.41) is 12.3. The molecule has 0 radical (unpaired) electrons. The zero-order valence-corrected chi connectivity index (χ0v) is 17.6. The van der Waals surface area contributed by atoms with Gasteiger partial charge in [-0.15, -0.1) is 0 Å². The summed E-state index contributed by atoms with van der Waals surface area (Å²) in [7, 11) is 0. The van der Waals surface area contributed by atoms with Crippen LogP contribution in [0.1, 0.15) is 67.7 Å². The third-order valence-corrected chi connectivity index (χ3v) is 5.66. The fourth-order valence-corrected chi connectivity index (χ4v) is 4.15. The molecule has 0 bridgehead atoms. The Morgan fingerprint density at radius 1 is 1.19 bits per heavy atom. The Bertz CT molecular complexity index is 619. The number of carboxylic acid groups (broad SMARTS) is 1. The number of nitrogens with zero attached hydrogens (tertiary/aromatic N) is 1. The van der Waals surface area contributed by atoms with Crippen molar-refractivity contribution in [1.82, 2.24) is 10.2 Å². The third-order valence-electron chi connectivity index (χ3n) is 5.66. The van der Waals surface area contributed by atoms with Gasteiger partial charge >= 0.3 is 12.1 Å². The first kappa shape index (κ1) is 21.5. The maximum atomic E-state index is 13.3. The molecule has 1 aliphatic carbocycles. The number of carboxylic acids is 1. The van der Waals surface area contributed by atoms with Crippen molar-refractivity contribution in [2.24, 2.45) is 16.7 Å². The van der Waals surface area contributed by atoms with Crippen molar-refractivity contribution in [2.45, 2.75) is 85.4 Å². The molecule has 2 amide bonds. The van der Waals surface area contributed by atoms with E-state index in [0.717, 1.165) is 12.8 Å². The number of carbonyl (C=O) groups excluding carboxylic acids is 2. The van der Waals surface area contributed by atoms with Crippen LogP contribution in [0, 0.1) is 16.7 Å². The Morgan fingerprint density at radius 2 is 1.78 bits per heavy atom. The summed E-state index contributed by atoms with van der Waals surface area (Å²) < 4.78 is 5.30. The molecular formula is C20H34N2O5. The highest BCUT2D eigenvalue weighted by Gasteiger charge is 2.62. The second kappa shape index (κ2) is 6.99. The zero-order chi connectivity index (χ0) is 20.8.